The first-order chi connectivity index (χ1) is 11.5. The SMILES string of the molecule is COc1cc2nc(NC(=O)c3ccnn3C(C)C)sc2cc1OC. The lowest BCUT2D eigenvalue weighted by Gasteiger charge is -2.09. The molecule has 7 nitrogen and oxygen atoms in total. The van der Waals surface area contributed by atoms with E-state index in [0.29, 0.717) is 22.3 Å². The van der Waals surface area contributed by atoms with E-state index >= 15 is 0 Å². The van der Waals surface area contributed by atoms with E-state index in [1.807, 2.05) is 19.9 Å². The number of carbonyl (C=O) groups excluding carboxylic acids is 1. The minimum absolute atomic E-state index is 0.102. The molecule has 1 amide bonds. The minimum Gasteiger partial charge on any atom is -0.493 e. The van der Waals surface area contributed by atoms with Crippen molar-refractivity contribution in [3.05, 3.63) is 30.1 Å². The molecule has 0 saturated heterocycles. The Morgan fingerprint density at radius 3 is 2.62 bits per heavy atom. The molecular formula is C16H18N4O3S. The molecule has 1 N–H and O–H groups in total. The Kier molecular flexibility index (Phi) is 4.39. The standard InChI is InChI=1S/C16H18N4O3S/c1-9(2)20-11(5-6-17-20)15(21)19-16-18-10-7-12(22-3)13(23-4)8-14(10)24-16/h5-9H,1-4H3,(H,18,19,21). The fourth-order valence-corrected chi connectivity index (χ4v) is 3.25. The monoisotopic (exact) mass is 346 g/mol. The van der Waals surface area contributed by atoms with Crippen LogP contribution in [0.1, 0.15) is 30.4 Å². The number of nitrogens with zero attached hydrogens (tertiary/aromatic N) is 3. The maximum absolute atomic E-state index is 12.5. The fourth-order valence-electron chi connectivity index (χ4n) is 2.38. The highest BCUT2D eigenvalue weighted by Gasteiger charge is 2.17. The third-order valence-electron chi connectivity index (χ3n) is 3.51. The number of amides is 1. The van der Waals surface area contributed by atoms with Gasteiger partial charge in [0.25, 0.3) is 5.91 Å². The van der Waals surface area contributed by atoms with Crippen LogP contribution in [0.3, 0.4) is 0 Å². The average molecular weight is 346 g/mol. The lowest BCUT2D eigenvalue weighted by atomic mass is 10.3. The fraction of sp³-hybridized carbons (Fsp3) is 0.312. The van der Waals surface area contributed by atoms with Crippen LogP contribution in [0, 0.1) is 0 Å². The molecule has 2 heterocycles. The second-order valence-corrected chi connectivity index (χ2v) is 6.43. The van der Waals surface area contributed by atoms with Gasteiger partial charge in [0.1, 0.15) is 5.69 Å². The highest BCUT2D eigenvalue weighted by molar-refractivity contribution is 7.22. The lowest BCUT2D eigenvalue weighted by Crippen LogP contribution is -2.18. The maximum Gasteiger partial charge on any atom is 0.275 e. The summed E-state index contributed by atoms with van der Waals surface area (Å²) in [6, 6.07) is 5.43. The predicted octanol–water partition coefficient (Wildman–Crippen LogP) is 3.34. The highest BCUT2D eigenvalue weighted by Crippen LogP contribution is 2.36. The molecule has 8 heteroatoms. The van der Waals surface area contributed by atoms with Gasteiger partial charge in [-0.1, -0.05) is 11.3 Å². The van der Waals surface area contributed by atoms with E-state index < -0.39 is 0 Å². The molecule has 0 spiro atoms. The van der Waals surface area contributed by atoms with Crippen LogP contribution in [0.5, 0.6) is 11.5 Å². The summed E-state index contributed by atoms with van der Waals surface area (Å²) in [5.74, 6) is 0.995. The van der Waals surface area contributed by atoms with E-state index in [2.05, 4.69) is 15.4 Å². The van der Waals surface area contributed by atoms with Gasteiger partial charge in [-0.15, -0.1) is 0 Å². The van der Waals surface area contributed by atoms with Crippen molar-refractivity contribution in [2.24, 2.45) is 0 Å². The second kappa shape index (κ2) is 6.48. The van der Waals surface area contributed by atoms with Gasteiger partial charge in [-0.05, 0) is 19.9 Å². The van der Waals surface area contributed by atoms with Gasteiger partial charge in [0.05, 0.1) is 24.4 Å². The number of nitrogens with one attached hydrogen (secondary N) is 1. The number of hydrogen-bond donors (Lipinski definition) is 1. The lowest BCUT2D eigenvalue weighted by molar-refractivity contribution is 0.101. The van der Waals surface area contributed by atoms with Gasteiger partial charge in [0.2, 0.25) is 0 Å². The van der Waals surface area contributed by atoms with Crippen LogP contribution in [-0.2, 0) is 0 Å². The number of anilines is 1. The van der Waals surface area contributed by atoms with E-state index in [9.17, 15) is 4.79 Å². The predicted molar refractivity (Wildman–Crippen MR) is 93.3 cm³/mol. The average Bonchev–Trinajstić information content (AvgIpc) is 3.19. The van der Waals surface area contributed by atoms with Crippen molar-refractivity contribution < 1.29 is 14.3 Å². The zero-order valence-electron chi connectivity index (χ0n) is 13.9. The third-order valence-corrected chi connectivity index (χ3v) is 4.44. The number of benzene rings is 1. The number of hydrogen-bond acceptors (Lipinski definition) is 6. The Morgan fingerprint density at radius 2 is 1.96 bits per heavy atom. The summed E-state index contributed by atoms with van der Waals surface area (Å²) in [5.41, 5.74) is 1.24. The van der Waals surface area contributed by atoms with Crippen molar-refractivity contribution in [2.75, 3.05) is 19.5 Å². The van der Waals surface area contributed by atoms with Gasteiger partial charge >= 0.3 is 0 Å². The Labute approximate surface area is 143 Å². The van der Waals surface area contributed by atoms with Gasteiger partial charge in [0, 0.05) is 24.4 Å². The van der Waals surface area contributed by atoms with Crippen LogP contribution >= 0.6 is 11.3 Å². The van der Waals surface area contributed by atoms with Crippen LogP contribution < -0.4 is 14.8 Å². The number of aromatic nitrogens is 3. The topological polar surface area (TPSA) is 78.3 Å². The first kappa shape index (κ1) is 16.3. The molecule has 0 aliphatic rings. The van der Waals surface area contributed by atoms with Crippen molar-refractivity contribution >= 4 is 32.6 Å². The maximum atomic E-state index is 12.5. The molecule has 2 aromatic heterocycles. The van der Waals surface area contributed by atoms with Crippen molar-refractivity contribution in [1.29, 1.82) is 0 Å². The molecule has 0 saturated carbocycles. The molecule has 0 radical (unpaired) electrons. The molecule has 0 atom stereocenters. The number of carbonyl (C=O) groups is 1. The zero-order valence-corrected chi connectivity index (χ0v) is 14.7. The van der Waals surface area contributed by atoms with Crippen LogP contribution in [-0.4, -0.2) is 34.9 Å². The summed E-state index contributed by atoms with van der Waals surface area (Å²) in [4.78, 5) is 16.9. The molecule has 3 rings (SSSR count). The summed E-state index contributed by atoms with van der Waals surface area (Å²) in [7, 11) is 3.16. The zero-order chi connectivity index (χ0) is 17.3. The first-order valence-corrected chi connectivity index (χ1v) is 8.22. The van der Waals surface area contributed by atoms with Gasteiger partial charge in [-0.25, -0.2) is 4.98 Å². The third kappa shape index (κ3) is 2.92. The largest absolute Gasteiger partial charge is 0.493 e. The normalized spacial score (nSPS) is 11.0. The van der Waals surface area contributed by atoms with E-state index in [4.69, 9.17) is 9.47 Å². The smallest absolute Gasteiger partial charge is 0.275 e. The van der Waals surface area contributed by atoms with Crippen molar-refractivity contribution in [3.8, 4) is 11.5 Å². The molecule has 0 aliphatic carbocycles. The number of fused-ring (bicyclic) bond motifs is 1. The Bertz CT molecular complexity index is 844. The molecular weight excluding hydrogens is 328 g/mol. The molecule has 1 aromatic carbocycles. The molecule has 3 aromatic rings. The summed E-state index contributed by atoms with van der Waals surface area (Å²) < 4.78 is 13.1. The highest BCUT2D eigenvalue weighted by atomic mass is 32.1. The summed E-state index contributed by atoms with van der Waals surface area (Å²) in [6.45, 7) is 3.94. The van der Waals surface area contributed by atoms with Crippen molar-refractivity contribution in [1.82, 2.24) is 14.8 Å². The van der Waals surface area contributed by atoms with Crippen molar-refractivity contribution in [3.63, 3.8) is 0 Å². The summed E-state index contributed by atoms with van der Waals surface area (Å²) >= 11 is 1.38. The van der Waals surface area contributed by atoms with Crippen molar-refractivity contribution in [2.45, 2.75) is 19.9 Å². The molecule has 0 aliphatic heterocycles. The quantitative estimate of drug-likeness (QED) is 0.766. The van der Waals surface area contributed by atoms with Crippen LogP contribution in [0.25, 0.3) is 10.2 Å². The number of ether oxygens (including phenoxy) is 2. The van der Waals surface area contributed by atoms with E-state index in [-0.39, 0.29) is 11.9 Å². The van der Waals surface area contributed by atoms with E-state index in [1.54, 1.807) is 37.2 Å². The molecule has 126 valence electrons. The Morgan fingerprint density at radius 1 is 1.25 bits per heavy atom. The number of thiazole rings is 1. The molecule has 0 fully saturated rings. The van der Waals surface area contributed by atoms with Gasteiger partial charge in [-0.2, -0.15) is 5.10 Å². The summed E-state index contributed by atoms with van der Waals surface area (Å²) in [5, 5.41) is 7.52. The Hall–Kier alpha value is -2.61. The van der Waals surface area contributed by atoms with E-state index in [1.165, 1.54) is 11.3 Å². The van der Waals surface area contributed by atoms with Gasteiger partial charge < -0.3 is 9.47 Å². The molecule has 0 unspecified atom stereocenters. The second-order valence-electron chi connectivity index (χ2n) is 5.40. The van der Waals surface area contributed by atoms with Gasteiger partial charge in [-0.3, -0.25) is 14.8 Å². The number of rotatable bonds is 5. The van der Waals surface area contributed by atoms with Gasteiger partial charge in [0.15, 0.2) is 16.6 Å². The van der Waals surface area contributed by atoms with Crippen LogP contribution in [0.4, 0.5) is 5.13 Å². The summed E-state index contributed by atoms with van der Waals surface area (Å²) in [6.07, 6.45) is 1.61. The molecule has 0 bridgehead atoms. The number of methoxy groups -OCH3 is 2. The minimum atomic E-state index is -0.237. The van der Waals surface area contributed by atoms with Crippen LogP contribution in [0.15, 0.2) is 24.4 Å². The first-order valence-electron chi connectivity index (χ1n) is 7.41. The Balaban J connectivity index is 1.90. The van der Waals surface area contributed by atoms with Crippen LogP contribution in [0.2, 0.25) is 0 Å². The molecule has 24 heavy (non-hydrogen) atoms. The van der Waals surface area contributed by atoms with E-state index in [0.717, 1.165) is 10.2 Å².